The van der Waals surface area contributed by atoms with Crippen molar-refractivity contribution in [2.45, 2.75) is 13.0 Å². The Morgan fingerprint density at radius 1 is 1.30 bits per heavy atom. The summed E-state index contributed by atoms with van der Waals surface area (Å²) in [6, 6.07) is 6.83. The first-order valence-electron chi connectivity index (χ1n) is 5.85. The number of thiophene rings is 1. The molecule has 5 nitrogen and oxygen atoms in total. The normalized spacial score (nSPS) is 11.8. The molecule has 0 spiro atoms. The summed E-state index contributed by atoms with van der Waals surface area (Å²) in [5, 5.41) is 23.1. The number of amides is 1. The Morgan fingerprint density at radius 2 is 2.05 bits per heavy atom. The van der Waals surface area contributed by atoms with Crippen LogP contribution in [0.15, 0.2) is 35.7 Å². The number of carboxylic acids is 1. The lowest BCUT2D eigenvalue weighted by molar-refractivity contribution is -0.139. The lowest BCUT2D eigenvalue weighted by atomic mass is 10.1. The van der Waals surface area contributed by atoms with Gasteiger partial charge in [0.15, 0.2) is 6.04 Å². The monoisotopic (exact) mass is 291 g/mol. The second kappa shape index (κ2) is 5.75. The number of aliphatic carboxylic acids is 1. The summed E-state index contributed by atoms with van der Waals surface area (Å²) in [6.45, 7) is 1.78. The summed E-state index contributed by atoms with van der Waals surface area (Å²) in [4.78, 5) is 23.8. The standard InChI is InChI=1S/C14H13NO4S/c1-8-4-5-9(10(16)7-8)13(17)15-12(14(18)19)11-3-2-6-20-11/h2-7,12,16H,1H3,(H,15,17)(H,18,19). The smallest absolute Gasteiger partial charge is 0.331 e. The van der Waals surface area contributed by atoms with E-state index >= 15 is 0 Å². The molecule has 6 heteroatoms. The molecule has 0 aliphatic heterocycles. The van der Waals surface area contributed by atoms with Crippen LogP contribution < -0.4 is 5.32 Å². The quantitative estimate of drug-likeness (QED) is 0.807. The van der Waals surface area contributed by atoms with Gasteiger partial charge < -0.3 is 15.5 Å². The number of nitrogens with one attached hydrogen (secondary N) is 1. The third-order valence-electron chi connectivity index (χ3n) is 2.75. The maximum absolute atomic E-state index is 12.1. The van der Waals surface area contributed by atoms with Crippen LogP contribution in [0.25, 0.3) is 0 Å². The van der Waals surface area contributed by atoms with E-state index in [1.54, 1.807) is 30.5 Å². The van der Waals surface area contributed by atoms with Gasteiger partial charge in [-0.25, -0.2) is 4.79 Å². The van der Waals surface area contributed by atoms with Gasteiger partial charge >= 0.3 is 5.97 Å². The Balaban J connectivity index is 2.23. The third-order valence-corrected chi connectivity index (χ3v) is 3.69. The van der Waals surface area contributed by atoms with E-state index in [9.17, 15) is 19.8 Å². The van der Waals surface area contributed by atoms with Gasteiger partial charge in [-0.1, -0.05) is 12.1 Å². The van der Waals surface area contributed by atoms with Crippen LogP contribution in [-0.4, -0.2) is 22.1 Å². The number of aromatic hydroxyl groups is 1. The average molecular weight is 291 g/mol. The van der Waals surface area contributed by atoms with Gasteiger partial charge in [-0.05, 0) is 36.1 Å². The van der Waals surface area contributed by atoms with Crippen molar-refractivity contribution < 1.29 is 19.8 Å². The highest BCUT2D eigenvalue weighted by atomic mass is 32.1. The molecule has 2 rings (SSSR count). The molecule has 1 aromatic carbocycles. The summed E-state index contributed by atoms with van der Waals surface area (Å²) >= 11 is 1.25. The summed E-state index contributed by atoms with van der Waals surface area (Å²) in [7, 11) is 0. The maximum atomic E-state index is 12.1. The van der Waals surface area contributed by atoms with E-state index in [-0.39, 0.29) is 11.3 Å². The van der Waals surface area contributed by atoms with E-state index < -0.39 is 17.9 Å². The molecule has 20 heavy (non-hydrogen) atoms. The minimum absolute atomic E-state index is 0.0541. The second-order valence-electron chi connectivity index (χ2n) is 4.28. The fourth-order valence-electron chi connectivity index (χ4n) is 1.75. The molecule has 1 atom stereocenters. The summed E-state index contributed by atoms with van der Waals surface area (Å²) in [5.74, 6) is -1.94. The Morgan fingerprint density at radius 3 is 2.60 bits per heavy atom. The zero-order chi connectivity index (χ0) is 14.7. The van der Waals surface area contributed by atoms with Gasteiger partial charge in [0.05, 0.1) is 5.56 Å². The number of hydrogen-bond donors (Lipinski definition) is 3. The minimum atomic E-state index is -1.15. The number of carbonyl (C=O) groups is 2. The highest BCUT2D eigenvalue weighted by Gasteiger charge is 2.24. The van der Waals surface area contributed by atoms with Gasteiger partial charge in [0.25, 0.3) is 5.91 Å². The molecule has 104 valence electrons. The highest BCUT2D eigenvalue weighted by molar-refractivity contribution is 7.10. The first-order valence-corrected chi connectivity index (χ1v) is 6.73. The van der Waals surface area contributed by atoms with E-state index in [1.165, 1.54) is 23.5 Å². The zero-order valence-electron chi connectivity index (χ0n) is 10.7. The van der Waals surface area contributed by atoms with Crippen molar-refractivity contribution in [1.82, 2.24) is 5.32 Å². The van der Waals surface area contributed by atoms with Crippen molar-refractivity contribution in [2.24, 2.45) is 0 Å². The number of benzene rings is 1. The van der Waals surface area contributed by atoms with Gasteiger partial charge in [-0.2, -0.15) is 0 Å². The highest BCUT2D eigenvalue weighted by Crippen LogP contribution is 2.22. The summed E-state index contributed by atoms with van der Waals surface area (Å²) in [5.41, 5.74) is 0.866. The Bertz CT molecular complexity index is 637. The Labute approximate surface area is 119 Å². The Hall–Kier alpha value is -2.34. The fraction of sp³-hybridized carbons (Fsp3) is 0.143. The number of phenols is 1. The molecule has 0 aliphatic rings. The van der Waals surface area contributed by atoms with Crippen LogP contribution in [0.4, 0.5) is 0 Å². The van der Waals surface area contributed by atoms with E-state index in [4.69, 9.17) is 0 Å². The van der Waals surface area contributed by atoms with Crippen LogP contribution in [0, 0.1) is 6.92 Å². The number of phenolic OH excluding ortho intramolecular Hbond substituents is 1. The zero-order valence-corrected chi connectivity index (χ0v) is 11.5. The first-order chi connectivity index (χ1) is 9.49. The molecule has 0 radical (unpaired) electrons. The van der Waals surface area contributed by atoms with E-state index in [0.29, 0.717) is 4.88 Å². The van der Waals surface area contributed by atoms with Crippen molar-refractivity contribution >= 4 is 23.2 Å². The molecule has 1 heterocycles. The molecule has 1 amide bonds. The van der Waals surface area contributed by atoms with Gasteiger partial charge in [0, 0.05) is 4.88 Å². The SMILES string of the molecule is Cc1ccc(C(=O)NC(C(=O)O)c2cccs2)c(O)c1. The average Bonchev–Trinajstić information content (AvgIpc) is 2.88. The molecule has 0 saturated carbocycles. The van der Waals surface area contributed by atoms with Crippen LogP contribution in [-0.2, 0) is 4.79 Å². The minimum Gasteiger partial charge on any atom is -0.507 e. The molecular formula is C14H13NO4S. The summed E-state index contributed by atoms with van der Waals surface area (Å²) in [6.07, 6.45) is 0. The topological polar surface area (TPSA) is 86.6 Å². The van der Waals surface area contributed by atoms with Crippen LogP contribution >= 0.6 is 11.3 Å². The largest absolute Gasteiger partial charge is 0.507 e. The van der Waals surface area contributed by atoms with Crippen molar-refractivity contribution in [1.29, 1.82) is 0 Å². The third kappa shape index (κ3) is 2.97. The predicted octanol–water partition coefficient (Wildman–Crippen LogP) is 2.32. The number of carbonyl (C=O) groups excluding carboxylic acids is 1. The molecule has 0 fully saturated rings. The number of aryl methyl sites for hydroxylation is 1. The molecule has 0 saturated heterocycles. The maximum Gasteiger partial charge on any atom is 0.331 e. The van der Waals surface area contributed by atoms with E-state index in [1.807, 2.05) is 0 Å². The predicted molar refractivity (Wildman–Crippen MR) is 75.0 cm³/mol. The molecule has 1 aromatic heterocycles. The van der Waals surface area contributed by atoms with Gasteiger partial charge in [-0.3, -0.25) is 4.79 Å². The molecule has 2 aromatic rings. The number of carboxylic acid groups (broad SMARTS) is 1. The van der Waals surface area contributed by atoms with Crippen molar-refractivity contribution in [2.75, 3.05) is 0 Å². The lowest BCUT2D eigenvalue weighted by Crippen LogP contribution is -2.33. The van der Waals surface area contributed by atoms with Crippen LogP contribution in [0.3, 0.4) is 0 Å². The van der Waals surface area contributed by atoms with E-state index in [0.717, 1.165) is 5.56 Å². The van der Waals surface area contributed by atoms with Crippen LogP contribution in [0.1, 0.15) is 26.8 Å². The fourth-order valence-corrected chi connectivity index (χ4v) is 2.52. The number of hydrogen-bond acceptors (Lipinski definition) is 4. The Kier molecular flexibility index (Phi) is 4.05. The van der Waals surface area contributed by atoms with Crippen molar-refractivity contribution in [3.63, 3.8) is 0 Å². The summed E-state index contributed by atoms with van der Waals surface area (Å²) < 4.78 is 0. The van der Waals surface area contributed by atoms with Crippen molar-refractivity contribution in [3.05, 3.63) is 51.7 Å². The lowest BCUT2D eigenvalue weighted by Gasteiger charge is -2.13. The van der Waals surface area contributed by atoms with Gasteiger partial charge in [-0.15, -0.1) is 11.3 Å². The van der Waals surface area contributed by atoms with Crippen LogP contribution in [0.5, 0.6) is 5.75 Å². The van der Waals surface area contributed by atoms with Gasteiger partial charge in [0.2, 0.25) is 0 Å². The molecule has 1 unspecified atom stereocenters. The van der Waals surface area contributed by atoms with Crippen LogP contribution in [0.2, 0.25) is 0 Å². The molecular weight excluding hydrogens is 278 g/mol. The van der Waals surface area contributed by atoms with E-state index in [2.05, 4.69) is 5.32 Å². The molecule has 0 bridgehead atoms. The second-order valence-corrected chi connectivity index (χ2v) is 5.26. The first kappa shape index (κ1) is 14.1. The molecule has 0 aliphatic carbocycles. The van der Waals surface area contributed by atoms with Crippen molar-refractivity contribution in [3.8, 4) is 5.75 Å². The number of rotatable bonds is 4. The van der Waals surface area contributed by atoms with Gasteiger partial charge in [0.1, 0.15) is 5.75 Å². The molecule has 3 N–H and O–H groups in total.